The zero-order valence-corrected chi connectivity index (χ0v) is 11.8. The standard InChI is InChI=1S/C16H19N3O/c1-10-3-4-12(7-11(10)2)8-15-18-16(20-19-15)13-5-6-14(17)9-13/h3-7,13-14H,8-9,17H2,1-2H3. The Balaban J connectivity index is 1.74. The Bertz CT molecular complexity index is 645. The molecule has 0 spiro atoms. The number of allylic oxidation sites excluding steroid dienone is 1. The predicted octanol–water partition coefficient (Wildman–Crippen LogP) is 2.65. The summed E-state index contributed by atoms with van der Waals surface area (Å²) in [5.74, 6) is 1.58. The first-order chi connectivity index (χ1) is 9.61. The van der Waals surface area contributed by atoms with Gasteiger partial charge in [-0.15, -0.1) is 0 Å². The molecule has 0 saturated carbocycles. The van der Waals surface area contributed by atoms with E-state index in [1.54, 1.807) is 0 Å². The summed E-state index contributed by atoms with van der Waals surface area (Å²) in [7, 11) is 0. The third kappa shape index (κ3) is 2.65. The quantitative estimate of drug-likeness (QED) is 0.870. The third-order valence-corrected chi connectivity index (χ3v) is 3.85. The van der Waals surface area contributed by atoms with Gasteiger partial charge in [0.1, 0.15) is 0 Å². The Morgan fingerprint density at radius 1 is 1.25 bits per heavy atom. The summed E-state index contributed by atoms with van der Waals surface area (Å²) in [6.07, 6.45) is 5.61. The first kappa shape index (κ1) is 13.1. The van der Waals surface area contributed by atoms with Crippen LogP contribution in [0.25, 0.3) is 0 Å². The topological polar surface area (TPSA) is 64.9 Å². The number of nitrogens with two attached hydrogens (primary N) is 1. The number of aryl methyl sites for hydroxylation is 2. The molecular weight excluding hydrogens is 250 g/mol. The highest BCUT2D eigenvalue weighted by atomic mass is 16.5. The van der Waals surface area contributed by atoms with Crippen LogP contribution in [-0.2, 0) is 6.42 Å². The molecule has 0 aliphatic heterocycles. The highest BCUT2D eigenvalue weighted by Crippen LogP contribution is 2.26. The lowest BCUT2D eigenvalue weighted by Crippen LogP contribution is -2.14. The highest BCUT2D eigenvalue weighted by Gasteiger charge is 2.22. The normalized spacial score (nSPS) is 21.6. The Morgan fingerprint density at radius 2 is 2.10 bits per heavy atom. The monoisotopic (exact) mass is 269 g/mol. The zero-order chi connectivity index (χ0) is 14.1. The van der Waals surface area contributed by atoms with Gasteiger partial charge in [0, 0.05) is 12.5 Å². The molecule has 2 aromatic rings. The van der Waals surface area contributed by atoms with Gasteiger partial charge in [0.15, 0.2) is 5.82 Å². The van der Waals surface area contributed by atoms with Crippen LogP contribution >= 0.6 is 0 Å². The van der Waals surface area contributed by atoms with Crippen molar-refractivity contribution in [3.63, 3.8) is 0 Å². The SMILES string of the molecule is Cc1ccc(Cc2noc(C3C=CC(N)C3)n2)cc1C. The molecule has 2 atom stereocenters. The summed E-state index contributed by atoms with van der Waals surface area (Å²) >= 11 is 0. The second-order valence-corrected chi connectivity index (χ2v) is 5.54. The third-order valence-electron chi connectivity index (χ3n) is 3.85. The Hall–Kier alpha value is -1.94. The molecule has 1 aromatic carbocycles. The van der Waals surface area contributed by atoms with Gasteiger partial charge in [0.05, 0.1) is 5.92 Å². The lowest BCUT2D eigenvalue weighted by molar-refractivity contribution is 0.360. The van der Waals surface area contributed by atoms with Gasteiger partial charge in [-0.2, -0.15) is 4.98 Å². The molecule has 3 rings (SSSR count). The molecule has 2 unspecified atom stereocenters. The van der Waals surface area contributed by atoms with Gasteiger partial charge >= 0.3 is 0 Å². The van der Waals surface area contributed by atoms with Crippen molar-refractivity contribution in [2.75, 3.05) is 0 Å². The zero-order valence-electron chi connectivity index (χ0n) is 11.8. The Kier molecular flexibility index (Phi) is 3.40. The van der Waals surface area contributed by atoms with Crippen LogP contribution in [0.1, 0.15) is 40.7 Å². The van der Waals surface area contributed by atoms with Crippen molar-refractivity contribution in [3.05, 3.63) is 58.8 Å². The first-order valence-corrected chi connectivity index (χ1v) is 6.94. The molecule has 0 bridgehead atoms. The Morgan fingerprint density at radius 3 is 2.80 bits per heavy atom. The molecule has 104 valence electrons. The first-order valence-electron chi connectivity index (χ1n) is 6.94. The summed E-state index contributed by atoms with van der Waals surface area (Å²) in [5, 5.41) is 4.07. The van der Waals surface area contributed by atoms with Gasteiger partial charge in [0.2, 0.25) is 5.89 Å². The van der Waals surface area contributed by atoms with Crippen LogP contribution in [0.15, 0.2) is 34.9 Å². The van der Waals surface area contributed by atoms with E-state index < -0.39 is 0 Å². The maximum Gasteiger partial charge on any atom is 0.233 e. The van der Waals surface area contributed by atoms with Gasteiger partial charge in [0.25, 0.3) is 0 Å². The lowest BCUT2D eigenvalue weighted by atomic mass is 10.0. The molecule has 0 fully saturated rings. The van der Waals surface area contributed by atoms with Crippen LogP contribution in [-0.4, -0.2) is 16.2 Å². The lowest BCUT2D eigenvalue weighted by Gasteiger charge is -2.03. The predicted molar refractivity (Wildman–Crippen MR) is 77.5 cm³/mol. The number of aromatic nitrogens is 2. The van der Waals surface area contributed by atoms with Crippen molar-refractivity contribution in [1.82, 2.24) is 10.1 Å². The summed E-state index contributed by atoms with van der Waals surface area (Å²) in [4.78, 5) is 4.49. The number of rotatable bonds is 3. The minimum absolute atomic E-state index is 0.107. The molecule has 0 radical (unpaired) electrons. The summed E-state index contributed by atoms with van der Waals surface area (Å²) in [6, 6.07) is 6.53. The molecule has 0 saturated heterocycles. The van der Waals surface area contributed by atoms with E-state index in [4.69, 9.17) is 10.3 Å². The van der Waals surface area contributed by atoms with Crippen molar-refractivity contribution < 1.29 is 4.52 Å². The summed E-state index contributed by atoms with van der Waals surface area (Å²) in [6.45, 7) is 4.23. The molecular formula is C16H19N3O. The van der Waals surface area contributed by atoms with Gasteiger partial charge in [-0.25, -0.2) is 0 Å². The molecule has 1 aromatic heterocycles. The fraction of sp³-hybridized carbons (Fsp3) is 0.375. The van der Waals surface area contributed by atoms with E-state index in [-0.39, 0.29) is 12.0 Å². The minimum atomic E-state index is 0.107. The molecule has 1 aliphatic rings. The van der Waals surface area contributed by atoms with Crippen LogP contribution < -0.4 is 5.73 Å². The molecule has 4 nitrogen and oxygen atoms in total. The van der Waals surface area contributed by atoms with E-state index in [0.717, 1.165) is 12.2 Å². The maximum atomic E-state index is 5.85. The van der Waals surface area contributed by atoms with E-state index in [2.05, 4.69) is 48.3 Å². The van der Waals surface area contributed by atoms with E-state index in [9.17, 15) is 0 Å². The van der Waals surface area contributed by atoms with Gasteiger partial charge in [-0.3, -0.25) is 0 Å². The van der Waals surface area contributed by atoms with Crippen LogP contribution in [0, 0.1) is 13.8 Å². The maximum absolute atomic E-state index is 5.85. The highest BCUT2D eigenvalue weighted by molar-refractivity contribution is 5.31. The van der Waals surface area contributed by atoms with Gasteiger partial charge in [-0.1, -0.05) is 35.5 Å². The van der Waals surface area contributed by atoms with Crippen LogP contribution in [0.4, 0.5) is 0 Å². The molecule has 20 heavy (non-hydrogen) atoms. The number of hydrogen-bond acceptors (Lipinski definition) is 4. The second-order valence-electron chi connectivity index (χ2n) is 5.54. The van der Waals surface area contributed by atoms with E-state index in [0.29, 0.717) is 12.3 Å². The van der Waals surface area contributed by atoms with Crippen LogP contribution in [0.2, 0.25) is 0 Å². The average molecular weight is 269 g/mol. The summed E-state index contributed by atoms with van der Waals surface area (Å²) in [5.41, 5.74) is 9.64. The Labute approximate surface area is 118 Å². The second kappa shape index (κ2) is 5.21. The van der Waals surface area contributed by atoms with Crippen LogP contribution in [0.5, 0.6) is 0 Å². The van der Waals surface area contributed by atoms with Crippen molar-refractivity contribution in [3.8, 4) is 0 Å². The number of nitrogens with zero attached hydrogens (tertiary/aromatic N) is 2. The molecule has 1 heterocycles. The minimum Gasteiger partial charge on any atom is -0.339 e. The molecule has 0 amide bonds. The fourth-order valence-corrected chi connectivity index (χ4v) is 2.50. The number of benzene rings is 1. The van der Waals surface area contributed by atoms with E-state index in [1.807, 2.05) is 6.08 Å². The van der Waals surface area contributed by atoms with E-state index in [1.165, 1.54) is 16.7 Å². The van der Waals surface area contributed by atoms with E-state index >= 15 is 0 Å². The molecule has 2 N–H and O–H groups in total. The molecule has 4 heteroatoms. The van der Waals surface area contributed by atoms with Crippen molar-refractivity contribution in [2.24, 2.45) is 5.73 Å². The van der Waals surface area contributed by atoms with Gasteiger partial charge in [-0.05, 0) is 37.0 Å². The van der Waals surface area contributed by atoms with Gasteiger partial charge < -0.3 is 10.3 Å². The largest absolute Gasteiger partial charge is 0.339 e. The summed E-state index contributed by atoms with van der Waals surface area (Å²) < 4.78 is 5.36. The smallest absolute Gasteiger partial charge is 0.233 e. The van der Waals surface area contributed by atoms with Crippen LogP contribution in [0.3, 0.4) is 0 Å². The van der Waals surface area contributed by atoms with Crippen molar-refractivity contribution >= 4 is 0 Å². The number of hydrogen-bond donors (Lipinski definition) is 1. The van der Waals surface area contributed by atoms with Crippen molar-refractivity contribution in [1.29, 1.82) is 0 Å². The average Bonchev–Trinajstić information content (AvgIpc) is 3.03. The molecule has 1 aliphatic carbocycles. The van der Waals surface area contributed by atoms with Crippen molar-refractivity contribution in [2.45, 2.75) is 38.6 Å². The fourth-order valence-electron chi connectivity index (χ4n) is 2.50.